The van der Waals surface area contributed by atoms with Crippen LogP contribution in [0.4, 0.5) is 19.0 Å². The first-order valence-electron chi connectivity index (χ1n) is 8.54. The molecule has 11 heteroatoms. The summed E-state index contributed by atoms with van der Waals surface area (Å²) in [5, 5.41) is 21.6. The van der Waals surface area contributed by atoms with Crippen molar-refractivity contribution in [2.75, 3.05) is 18.0 Å². The van der Waals surface area contributed by atoms with E-state index in [9.17, 15) is 18.3 Å². The molecule has 0 amide bonds. The number of aromatic nitrogens is 6. The Hall–Kier alpha value is -3.08. The summed E-state index contributed by atoms with van der Waals surface area (Å²) >= 11 is 0. The van der Waals surface area contributed by atoms with Crippen molar-refractivity contribution in [2.24, 2.45) is 7.05 Å². The van der Waals surface area contributed by atoms with Crippen LogP contribution < -0.4 is 4.90 Å². The van der Waals surface area contributed by atoms with E-state index in [2.05, 4.69) is 25.4 Å². The zero-order chi connectivity index (χ0) is 19.9. The van der Waals surface area contributed by atoms with Crippen molar-refractivity contribution < 1.29 is 18.3 Å². The monoisotopic (exact) mass is 391 g/mol. The number of hydrogen-bond acceptors (Lipinski definition) is 7. The Bertz CT molecular complexity index is 987. The fourth-order valence-electron chi connectivity index (χ4n) is 3.00. The summed E-state index contributed by atoms with van der Waals surface area (Å²) in [6.07, 6.45) is -4.25. The molecule has 1 saturated heterocycles. The summed E-state index contributed by atoms with van der Waals surface area (Å²) < 4.78 is 38.5. The molecule has 0 bridgehead atoms. The second-order valence-corrected chi connectivity index (χ2v) is 6.50. The van der Waals surface area contributed by atoms with Gasteiger partial charge in [0.2, 0.25) is 11.6 Å². The summed E-state index contributed by atoms with van der Waals surface area (Å²) in [6, 6.07) is 6.43. The number of β-amino-alcohol motifs (C(OH)–C–C–N with tert-alkyl or cyclic N) is 1. The van der Waals surface area contributed by atoms with E-state index in [1.807, 2.05) is 4.90 Å². The predicted octanol–water partition coefficient (Wildman–Crippen LogP) is 1.92. The van der Waals surface area contributed by atoms with E-state index in [0.717, 1.165) is 12.1 Å². The fraction of sp³-hybridized carbons (Fsp3) is 0.353. The van der Waals surface area contributed by atoms with Crippen molar-refractivity contribution in [3.05, 3.63) is 35.9 Å². The number of anilines is 1. The van der Waals surface area contributed by atoms with Crippen LogP contribution in [0.3, 0.4) is 0 Å². The molecule has 3 heterocycles. The average molecular weight is 391 g/mol. The molecule has 3 aromatic rings. The maximum absolute atomic E-state index is 12.8. The van der Waals surface area contributed by atoms with Gasteiger partial charge in [-0.25, -0.2) is 9.97 Å². The van der Waals surface area contributed by atoms with Gasteiger partial charge in [-0.15, -0.1) is 10.2 Å². The number of aliphatic hydroxyl groups excluding tert-OH is 1. The van der Waals surface area contributed by atoms with Crippen LogP contribution >= 0.6 is 0 Å². The molecule has 1 fully saturated rings. The zero-order valence-corrected chi connectivity index (χ0v) is 14.8. The zero-order valence-electron chi connectivity index (χ0n) is 14.8. The first-order chi connectivity index (χ1) is 13.3. The minimum atomic E-state index is -4.41. The molecule has 2 aromatic heterocycles. The Morgan fingerprint density at radius 3 is 2.43 bits per heavy atom. The van der Waals surface area contributed by atoms with Gasteiger partial charge in [-0.2, -0.15) is 18.0 Å². The van der Waals surface area contributed by atoms with Crippen LogP contribution in [-0.2, 0) is 13.2 Å². The molecule has 0 radical (unpaired) electrons. The van der Waals surface area contributed by atoms with Gasteiger partial charge in [-0.05, 0) is 23.8 Å². The second-order valence-electron chi connectivity index (χ2n) is 6.50. The van der Waals surface area contributed by atoms with E-state index in [0.29, 0.717) is 36.6 Å². The number of rotatable bonds is 3. The van der Waals surface area contributed by atoms with Crippen molar-refractivity contribution in [2.45, 2.75) is 18.7 Å². The number of benzene rings is 1. The van der Waals surface area contributed by atoms with E-state index in [1.54, 1.807) is 13.1 Å². The van der Waals surface area contributed by atoms with Gasteiger partial charge in [0.05, 0.1) is 24.4 Å². The molecule has 28 heavy (non-hydrogen) atoms. The maximum atomic E-state index is 12.8. The number of hydrogen-bond donors (Lipinski definition) is 1. The first kappa shape index (κ1) is 18.3. The van der Waals surface area contributed by atoms with Gasteiger partial charge >= 0.3 is 6.18 Å². The quantitative estimate of drug-likeness (QED) is 0.729. The lowest BCUT2D eigenvalue weighted by atomic mass is 10.1. The molecule has 0 aliphatic carbocycles. The number of alkyl halides is 3. The van der Waals surface area contributed by atoms with Crippen LogP contribution in [0, 0.1) is 0 Å². The molecular weight excluding hydrogens is 375 g/mol. The minimum Gasteiger partial charge on any atom is -0.391 e. The third-order valence-electron chi connectivity index (χ3n) is 4.42. The maximum Gasteiger partial charge on any atom is 0.416 e. The van der Waals surface area contributed by atoms with E-state index < -0.39 is 17.8 Å². The van der Waals surface area contributed by atoms with Crippen LogP contribution in [0.2, 0.25) is 0 Å². The van der Waals surface area contributed by atoms with Gasteiger partial charge in [-0.1, -0.05) is 12.1 Å². The highest BCUT2D eigenvalue weighted by molar-refractivity contribution is 5.66. The third-order valence-corrected chi connectivity index (χ3v) is 4.42. The second kappa shape index (κ2) is 6.82. The van der Waals surface area contributed by atoms with Gasteiger partial charge in [0.25, 0.3) is 0 Å². The summed E-state index contributed by atoms with van der Waals surface area (Å²) in [6.45, 7) is 1.02. The van der Waals surface area contributed by atoms with Crippen molar-refractivity contribution in [1.29, 1.82) is 0 Å². The lowest BCUT2D eigenvalue weighted by Crippen LogP contribution is -2.22. The predicted molar refractivity (Wildman–Crippen MR) is 93.1 cm³/mol. The molecular formula is C17H16F3N7O. The van der Waals surface area contributed by atoms with Crippen molar-refractivity contribution in [1.82, 2.24) is 30.2 Å². The lowest BCUT2D eigenvalue weighted by molar-refractivity contribution is -0.137. The Morgan fingerprint density at radius 1 is 1.11 bits per heavy atom. The minimum absolute atomic E-state index is 0.206. The third kappa shape index (κ3) is 3.65. The molecule has 1 aliphatic heterocycles. The molecule has 1 N–H and O–H groups in total. The van der Waals surface area contributed by atoms with Crippen LogP contribution in [0.25, 0.3) is 22.9 Å². The number of nitrogens with zero attached hydrogens (tertiary/aromatic N) is 7. The Labute approximate surface area is 157 Å². The number of aryl methyl sites for hydroxylation is 1. The Balaban J connectivity index is 1.77. The highest BCUT2D eigenvalue weighted by atomic mass is 19.4. The molecule has 0 spiro atoms. The standard InChI is InChI=1S/C17H16F3N7O/c1-26-24-16(23-25-26)15-21-13(8-14(22-15)27-7-6-12(28)9-27)10-2-4-11(5-3-10)17(18,19)20/h2-5,8,12,28H,6-7,9H2,1H3/t12-/m0/s1. The topological polar surface area (TPSA) is 92.9 Å². The molecule has 8 nitrogen and oxygen atoms in total. The van der Waals surface area contributed by atoms with E-state index in [4.69, 9.17) is 0 Å². The smallest absolute Gasteiger partial charge is 0.391 e. The normalized spacial score (nSPS) is 17.3. The summed E-state index contributed by atoms with van der Waals surface area (Å²) in [5.74, 6) is 0.961. The van der Waals surface area contributed by atoms with Crippen molar-refractivity contribution in [3.63, 3.8) is 0 Å². The molecule has 4 rings (SSSR count). The summed E-state index contributed by atoms with van der Waals surface area (Å²) in [4.78, 5) is 12.0. The van der Waals surface area contributed by atoms with Crippen LogP contribution in [0.5, 0.6) is 0 Å². The van der Waals surface area contributed by atoms with Gasteiger partial charge in [0.1, 0.15) is 5.82 Å². The molecule has 1 atom stereocenters. The molecule has 0 saturated carbocycles. The number of tetrazole rings is 1. The van der Waals surface area contributed by atoms with E-state index in [-0.39, 0.29) is 11.6 Å². The molecule has 146 valence electrons. The number of aliphatic hydroxyl groups is 1. The molecule has 1 aromatic carbocycles. The molecule has 0 unspecified atom stereocenters. The van der Waals surface area contributed by atoms with Crippen LogP contribution in [-0.4, -0.2) is 54.5 Å². The van der Waals surface area contributed by atoms with Crippen LogP contribution in [0.1, 0.15) is 12.0 Å². The number of halogens is 3. The SMILES string of the molecule is Cn1nnc(-c2nc(-c3ccc(C(F)(F)F)cc3)cc(N3CC[C@H](O)C3)n2)n1. The van der Waals surface area contributed by atoms with Gasteiger partial charge in [0, 0.05) is 24.7 Å². The summed E-state index contributed by atoms with van der Waals surface area (Å²) in [5.41, 5.74) is 0.202. The lowest BCUT2D eigenvalue weighted by Gasteiger charge is -2.18. The largest absolute Gasteiger partial charge is 0.416 e. The highest BCUT2D eigenvalue weighted by Gasteiger charge is 2.30. The van der Waals surface area contributed by atoms with Crippen molar-refractivity contribution >= 4 is 5.82 Å². The van der Waals surface area contributed by atoms with Crippen LogP contribution in [0.15, 0.2) is 30.3 Å². The Morgan fingerprint density at radius 2 is 1.86 bits per heavy atom. The average Bonchev–Trinajstić information content (AvgIpc) is 3.29. The van der Waals surface area contributed by atoms with E-state index in [1.165, 1.54) is 16.9 Å². The van der Waals surface area contributed by atoms with Crippen molar-refractivity contribution in [3.8, 4) is 22.9 Å². The fourth-order valence-corrected chi connectivity index (χ4v) is 3.00. The highest BCUT2D eigenvalue weighted by Crippen LogP contribution is 2.32. The van der Waals surface area contributed by atoms with E-state index >= 15 is 0 Å². The van der Waals surface area contributed by atoms with Gasteiger partial charge in [0.15, 0.2) is 0 Å². The van der Waals surface area contributed by atoms with Gasteiger partial charge in [-0.3, -0.25) is 0 Å². The Kier molecular flexibility index (Phi) is 4.46. The molecule has 1 aliphatic rings. The first-order valence-corrected chi connectivity index (χ1v) is 8.54. The van der Waals surface area contributed by atoms with Gasteiger partial charge < -0.3 is 10.0 Å². The summed E-state index contributed by atoms with van der Waals surface area (Å²) in [7, 11) is 1.61.